The molecule has 0 atom stereocenters. The number of rotatable bonds is 3. The smallest absolute Gasteiger partial charge is 0.269 e. The normalized spacial score (nSPS) is 10.4. The lowest BCUT2D eigenvalue weighted by atomic mass is 10.2. The predicted octanol–water partition coefficient (Wildman–Crippen LogP) is 2.71. The van der Waals surface area contributed by atoms with Crippen molar-refractivity contribution >= 4 is 5.69 Å². The molecule has 3 rings (SSSR count). The predicted molar refractivity (Wildman–Crippen MR) is 69.6 cm³/mol. The van der Waals surface area contributed by atoms with Crippen molar-refractivity contribution in [1.29, 1.82) is 0 Å². The van der Waals surface area contributed by atoms with Crippen molar-refractivity contribution in [2.24, 2.45) is 0 Å². The second kappa shape index (κ2) is 4.88. The van der Waals surface area contributed by atoms with Crippen molar-refractivity contribution in [2.45, 2.75) is 0 Å². The molecule has 1 aromatic carbocycles. The highest BCUT2D eigenvalue weighted by Gasteiger charge is 2.12. The molecule has 0 aliphatic heterocycles. The van der Waals surface area contributed by atoms with Gasteiger partial charge in [0, 0.05) is 35.7 Å². The largest absolute Gasteiger partial charge is 0.334 e. The zero-order chi connectivity index (χ0) is 13.9. The van der Waals surface area contributed by atoms with Crippen LogP contribution in [0.3, 0.4) is 0 Å². The van der Waals surface area contributed by atoms with Gasteiger partial charge in [0.2, 0.25) is 5.82 Å². The van der Waals surface area contributed by atoms with Gasteiger partial charge in [-0.1, -0.05) is 5.16 Å². The number of pyridine rings is 1. The van der Waals surface area contributed by atoms with E-state index in [1.165, 1.54) is 12.1 Å². The van der Waals surface area contributed by atoms with Crippen LogP contribution >= 0.6 is 0 Å². The molecule has 0 bridgehead atoms. The lowest BCUT2D eigenvalue weighted by molar-refractivity contribution is -0.384. The van der Waals surface area contributed by atoms with Crippen molar-refractivity contribution in [3.63, 3.8) is 0 Å². The Morgan fingerprint density at radius 3 is 2.35 bits per heavy atom. The molecule has 0 amide bonds. The van der Waals surface area contributed by atoms with Crippen LogP contribution in [0.4, 0.5) is 5.69 Å². The standard InChI is InChI=1S/C13H8N4O3/c18-17(19)11-3-1-9(2-4-11)12-15-13(20-16-12)10-5-7-14-8-6-10/h1-8H. The van der Waals surface area contributed by atoms with E-state index in [-0.39, 0.29) is 5.69 Å². The number of hydrogen-bond donors (Lipinski definition) is 0. The summed E-state index contributed by atoms with van der Waals surface area (Å²) in [4.78, 5) is 18.3. The third-order valence-corrected chi connectivity index (χ3v) is 2.69. The average molecular weight is 268 g/mol. The van der Waals surface area contributed by atoms with Gasteiger partial charge >= 0.3 is 0 Å². The van der Waals surface area contributed by atoms with Crippen LogP contribution in [-0.4, -0.2) is 20.0 Å². The molecule has 0 saturated heterocycles. The fourth-order valence-electron chi connectivity index (χ4n) is 1.68. The van der Waals surface area contributed by atoms with E-state index in [4.69, 9.17) is 4.52 Å². The fourth-order valence-corrected chi connectivity index (χ4v) is 1.68. The van der Waals surface area contributed by atoms with Gasteiger partial charge in [-0.15, -0.1) is 0 Å². The van der Waals surface area contributed by atoms with Crippen LogP contribution in [0.25, 0.3) is 22.8 Å². The second-order valence-corrected chi connectivity index (χ2v) is 3.96. The number of nitrogens with zero attached hydrogens (tertiary/aromatic N) is 4. The molecule has 0 aliphatic rings. The molecule has 2 aromatic heterocycles. The summed E-state index contributed by atoms with van der Waals surface area (Å²) >= 11 is 0. The minimum absolute atomic E-state index is 0.0200. The van der Waals surface area contributed by atoms with Crippen molar-refractivity contribution in [3.05, 3.63) is 58.9 Å². The van der Waals surface area contributed by atoms with Crippen LogP contribution in [-0.2, 0) is 0 Å². The van der Waals surface area contributed by atoms with Gasteiger partial charge in [0.1, 0.15) is 0 Å². The fraction of sp³-hybridized carbons (Fsp3) is 0. The van der Waals surface area contributed by atoms with Crippen LogP contribution in [0.5, 0.6) is 0 Å². The zero-order valence-electron chi connectivity index (χ0n) is 10.1. The van der Waals surface area contributed by atoms with Crippen LogP contribution < -0.4 is 0 Å². The molecule has 3 aromatic rings. The molecule has 0 fully saturated rings. The van der Waals surface area contributed by atoms with E-state index in [1.807, 2.05) is 0 Å². The molecule has 0 spiro atoms. The van der Waals surface area contributed by atoms with E-state index < -0.39 is 4.92 Å². The van der Waals surface area contributed by atoms with Gasteiger partial charge in [-0.2, -0.15) is 4.98 Å². The Kier molecular flexibility index (Phi) is 2.92. The van der Waals surface area contributed by atoms with Gasteiger partial charge in [0.15, 0.2) is 0 Å². The van der Waals surface area contributed by atoms with Crippen LogP contribution in [0.1, 0.15) is 0 Å². The Morgan fingerprint density at radius 1 is 1.00 bits per heavy atom. The van der Waals surface area contributed by atoms with Crippen LogP contribution in [0, 0.1) is 10.1 Å². The Hall–Kier alpha value is -3.09. The molecule has 0 N–H and O–H groups in total. The van der Waals surface area contributed by atoms with Gasteiger partial charge in [-0.25, -0.2) is 0 Å². The first-order valence-corrected chi connectivity index (χ1v) is 5.73. The maximum absolute atomic E-state index is 10.6. The molecule has 98 valence electrons. The summed E-state index contributed by atoms with van der Waals surface area (Å²) in [5, 5.41) is 14.4. The Balaban J connectivity index is 1.92. The molecule has 0 aliphatic carbocycles. The SMILES string of the molecule is O=[N+]([O-])c1ccc(-c2noc(-c3ccncc3)n2)cc1. The highest BCUT2D eigenvalue weighted by molar-refractivity contribution is 5.60. The average Bonchev–Trinajstić information content (AvgIpc) is 2.98. The van der Waals surface area contributed by atoms with E-state index in [1.54, 1.807) is 36.7 Å². The monoisotopic (exact) mass is 268 g/mol. The van der Waals surface area contributed by atoms with E-state index >= 15 is 0 Å². The molecule has 0 saturated carbocycles. The van der Waals surface area contributed by atoms with Crippen LogP contribution in [0.15, 0.2) is 53.3 Å². The van der Waals surface area contributed by atoms with E-state index in [2.05, 4.69) is 15.1 Å². The number of benzene rings is 1. The number of nitro benzene ring substituents is 1. The van der Waals surface area contributed by atoms with Gasteiger partial charge < -0.3 is 4.52 Å². The van der Waals surface area contributed by atoms with E-state index in [9.17, 15) is 10.1 Å². The van der Waals surface area contributed by atoms with E-state index in [0.717, 1.165) is 5.56 Å². The summed E-state index contributed by atoms with van der Waals surface area (Å²) in [6.45, 7) is 0. The second-order valence-electron chi connectivity index (χ2n) is 3.96. The minimum atomic E-state index is -0.456. The molecule has 20 heavy (non-hydrogen) atoms. The summed E-state index contributed by atoms with van der Waals surface area (Å²) in [6, 6.07) is 9.48. The quantitative estimate of drug-likeness (QED) is 0.535. The zero-order valence-corrected chi connectivity index (χ0v) is 10.1. The molecular weight excluding hydrogens is 260 g/mol. The maximum Gasteiger partial charge on any atom is 0.269 e. The summed E-state index contributed by atoms with van der Waals surface area (Å²) in [6.07, 6.45) is 3.26. The summed E-state index contributed by atoms with van der Waals surface area (Å²) in [5.41, 5.74) is 1.44. The van der Waals surface area contributed by atoms with Gasteiger partial charge in [0.05, 0.1) is 4.92 Å². The van der Waals surface area contributed by atoms with Gasteiger partial charge in [-0.3, -0.25) is 15.1 Å². The lowest BCUT2D eigenvalue weighted by Gasteiger charge is -1.93. The van der Waals surface area contributed by atoms with Crippen molar-refractivity contribution in [2.75, 3.05) is 0 Å². The van der Waals surface area contributed by atoms with Gasteiger partial charge in [-0.05, 0) is 24.3 Å². The Morgan fingerprint density at radius 2 is 1.70 bits per heavy atom. The minimum Gasteiger partial charge on any atom is -0.334 e. The third-order valence-electron chi connectivity index (χ3n) is 2.69. The number of nitro groups is 1. The molecule has 0 unspecified atom stereocenters. The van der Waals surface area contributed by atoms with Crippen LogP contribution in [0.2, 0.25) is 0 Å². The number of aromatic nitrogens is 3. The van der Waals surface area contributed by atoms with Gasteiger partial charge in [0.25, 0.3) is 11.6 Å². The van der Waals surface area contributed by atoms with Crippen molar-refractivity contribution in [3.8, 4) is 22.8 Å². The van der Waals surface area contributed by atoms with Crippen molar-refractivity contribution < 1.29 is 9.45 Å². The maximum atomic E-state index is 10.6. The lowest BCUT2D eigenvalue weighted by Crippen LogP contribution is -1.87. The summed E-state index contributed by atoms with van der Waals surface area (Å²) < 4.78 is 5.16. The first kappa shape index (κ1) is 12.0. The molecule has 0 radical (unpaired) electrons. The highest BCUT2D eigenvalue weighted by Crippen LogP contribution is 2.23. The molecule has 2 heterocycles. The summed E-state index contributed by atoms with van der Waals surface area (Å²) in [7, 11) is 0. The Labute approximate surface area is 113 Å². The highest BCUT2D eigenvalue weighted by atomic mass is 16.6. The first-order valence-electron chi connectivity index (χ1n) is 5.73. The van der Waals surface area contributed by atoms with E-state index in [0.29, 0.717) is 17.3 Å². The van der Waals surface area contributed by atoms with Crippen molar-refractivity contribution in [1.82, 2.24) is 15.1 Å². The third kappa shape index (κ3) is 2.24. The number of hydrogen-bond acceptors (Lipinski definition) is 6. The molecule has 7 nitrogen and oxygen atoms in total. The Bertz CT molecular complexity index is 738. The first-order chi connectivity index (χ1) is 9.74. The molecule has 7 heteroatoms. The summed E-state index contributed by atoms with van der Waals surface area (Å²) in [5.74, 6) is 0.757. The molecular formula is C13H8N4O3. The number of non-ortho nitro benzene ring substituents is 1. The topological polar surface area (TPSA) is 95.0 Å².